The van der Waals surface area contributed by atoms with Crippen LogP contribution < -0.4 is 0 Å². The molecule has 1 heterocycles. The predicted octanol–water partition coefficient (Wildman–Crippen LogP) is 3.67. The van der Waals surface area contributed by atoms with Crippen LogP contribution >= 0.6 is 15.9 Å². The van der Waals surface area contributed by atoms with Gasteiger partial charge >= 0.3 is 0 Å². The number of hydrogen-bond acceptors (Lipinski definition) is 1. The lowest BCUT2D eigenvalue weighted by molar-refractivity contribution is 0.765. The van der Waals surface area contributed by atoms with E-state index in [9.17, 15) is 0 Å². The van der Waals surface area contributed by atoms with Crippen LogP contribution in [-0.4, -0.2) is 9.97 Å². The minimum atomic E-state index is 1.04. The standard InChI is InChI=1S/C11H13BrN2/c1-2-3-4-11-13-9-6-5-8(12)7-10(9)14-11/h5-7H,2-4H2,1H3,(H,13,14). The van der Waals surface area contributed by atoms with E-state index in [0.29, 0.717) is 0 Å². The summed E-state index contributed by atoms with van der Waals surface area (Å²) in [5, 5.41) is 0. The molecule has 0 atom stereocenters. The molecular formula is C11H13BrN2. The van der Waals surface area contributed by atoms with E-state index >= 15 is 0 Å². The summed E-state index contributed by atoms with van der Waals surface area (Å²) in [4.78, 5) is 7.85. The van der Waals surface area contributed by atoms with E-state index in [4.69, 9.17) is 0 Å². The van der Waals surface area contributed by atoms with Crippen molar-refractivity contribution in [1.29, 1.82) is 0 Å². The van der Waals surface area contributed by atoms with Crippen LogP contribution in [0.5, 0.6) is 0 Å². The van der Waals surface area contributed by atoms with Gasteiger partial charge < -0.3 is 4.98 Å². The molecule has 1 aromatic carbocycles. The fourth-order valence-electron chi connectivity index (χ4n) is 1.50. The molecule has 2 aromatic rings. The average Bonchev–Trinajstić information content (AvgIpc) is 2.56. The molecular weight excluding hydrogens is 240 g/mol. The summed E-state index contributed by atoms with van der Waals surface area (Å²) in [6, 6.07) is 6.12. The smallest absolute Gasteiger partial charge is 0.107 e. The van der Waals surface area contributed by atoms with Crippen molar-refractivity contribution in [2.75, 3.05) is 0 Å². The number of aromatic nitrogens is 2. The van der Waals surface area contributed by atoms with Crippen molar-refractivity contribution in [3.63, 3.8) is 0 Å². The maximum absolute atomic E-state index is 4.51. The molecule has 2 rings (SSSR count). The Morgan fingerprint density at radius 2 is 2.29 bits per heavy atom. The Morgan fingerprint density at radius 3 is 3.07 bits per heavy atom. The third kappa shape index (κ3) is 1.98. The number of fused-ring (bicyclic) bond motifs is 1. The van der Waals surface area contributed by atoms with Crippen LogP contribution in [0.4, 0.5) is 0 Å². The van der Waals surface area contributed by atoms with Gasteiger partial charge in [0.1, 0.15) is 5.82 Å². The van der Waals surface area contributed by atoms with Gasteiger partial charge in [0, 0.05) is 10.9 Å². The predicted molar refractivity (Wildman–Crippen MR) is 62.4 cm³/mol. The van der Waals surface area contributed by atoms with Crippen LogP contribution in [0.3, 0.4) is 0 Å². The number of imidazole rings is 1. The second-order valence-electron chi connectivity index (χ2n) is 3.45. The molecule has 0 spiro atoms. The number of unbranched alkanes of at least 4 members (excludes halogenated alkanes) is 1. The van der Waals surface area contributed by atoms with Gasteiger partial charge in [-0.3, -0.25) is 0 Å². The molecule has 0 fully saturated rings. The van der Waals surface area contributed by atoms with E-state index in [1.807, 2.05) is 12.1 Å². The fourth-order valence-corrected chi connectivity index (χ4v) is 1.86. The zero-order valence-corrected chi connectivity index (χ0v) is 9.76. The third-order valence-corrected chi connectivity index (χ3v) is 2.75. The number of nitrogens with zero attached hydrogens (tertiary/aromatic N) is 1. The molecule has 0 radical (unpaired) electrons. The first-order valence-electron chi connectivity index (χ1n) is 4.93. The van der Waals surface area contributed by atoms with Gasteiger partial charge in [-0.25, -0.2) is 4.98 Å². The average molecular weight is 253 g/mol. The Bertz CT molecular complexity index is 434. The number of H-pyrrole nitrogens is 1. The lowest BCUT2D eigenvalue weighted by Crippen LogP contribution is -1.86. The van der Waals surface area contributed by atoms with E-state index in [-0.39, 0.29) is 0 Å². The first-order valence-corrected chi connectivity index (χ1v) is 5.73. The summed E-state index contributed by atoms with van der Waals surface area (Å²) in [6.45, 7) is 2.19. The maximum atomic E-state index is 4.51. The Labute approximate surface area is 91.9 Å². The molecule has 0 aliphatic carbocycles. The van der Waals surface area contributed by atoms with Gasteiger partial charge in [-0.1, -0.05) is 29.3 Å². The highest BCUT2D eigenvalue weighted by Gasteiger charge is 2.01. The molecule has 3 heteroatoms. The normalized spacial score (nSPS) is 11.0. The number of benzene rings is 1. The first kappa shape index (κ1) is 9.71. The molecule has 0 saturated heterocycles. The van der Waals surface area contributed by atoms with Crippen LogP contribution in [0.25, 0.3) is 11.0 Å². The van der Waals surface area contributed by atoms with Crippen LogP contribution in [0.2, 0.25) is 0 Å². The van der Waals surface area contributed by atoms with Gasteiger partial charge in [0.05, 0.1) is 11.0 Å². The Balaban J connectivity index is 2.32. The van der Waals surface area contributed by atoms with Crippen LogP contribution in [0.15, 0.2) is 22.7 Å². The van der Waals surface area contributed by atoms with E-state index in [1.165, 1.54) is 12.8 Å². The van der Waals surface area contributed by atoms with Crippen LogP contribution in [0, 0.1) is 0 Å². The van der Waals surface area contributed by atoms with Crippen molar-refractivity contribution < 1.29 is 0 Å². The Hall–Kier alpha value is -0.830. The summed E-state index contributed by atoms with van der Waals surface area (Å²) >= 11 is 3.45. The van der Waals surface area contributed by atoms with Crippen LogP contribution in [0.1, 0.15) is 25.6 Å². The lowest BCUT2D eigenvalue weighted by Gasteiger charge is -1.90. The number of hydrogen-bond donors (Lipinski definition) is 1. The monoisotopic (exact) mass is 252 g/mol. The number of halogens is 1. The molecule has 2 nitrogen and oxygen atoms in total. The lowest BCUT2D eigenvalue weighted by atomic mass is 10.2. The molecule has 0 aliphatic rings. The summed E-state index contributed by atoms with van der Waals surface area (Å²) in [6.07, 6.45) is 3.45. The fraction of sp³-hybridized carbons (Fsp3) is 0.364. The highest BCUT2D eigenvalue weighted by molar-refractivity contribution is 9.10. The second kappa shape index (κ2) is 4.13. The highest BCUT2D eigenvalue weighted by Crippen LogP contribution is 2.18. The van der Waals surface area contributed by atoms with Gasteiger partial charge in [0.15, 0.2) is 0 Å². The van der Waals surface area contributed by atoms with Crippen molar-refractivity contribution in [3.8, 4) is 0 Å². The quantitative estimate of drug-likeness (QED) is 0.888. The number of rotatable bonds is 3. The van der Waals surface area contributed by atoms with E-state index in [1.54, 1.807) is 0 Å². The molecule has 14 heavy (non-hydrogen) atoms. The number of nitrogens with one attached hydrogen (secondary N) is 1. The molecule has 0 amide bonds. The first-order chi connectivity index (χ1) is 6.79. The molecule has 0 bridgehead atoms. The minimum absolute atomic E-state index is 1.04. The molecule has 1 aromatic heterocycles. The topological polar surface area (TPSA) is 28.7 Å². The minimum Gasteiger partial charge on any atom is -0.342 e. The SMILES string of the molecule is CCCCc1nc2ccc(Br)cc2[nH]1. The zero-order chi connectivity index (χ0) is 9.97. The Kier molecular flexibility index (Phi) is 2.87. The summed E-state index contributed by atoms with van der Waals surface area (Å²) in [7, 11) is 0. The number of aromatic amines is 1. The second-order valence-corrected chi connectivity index (χ2v) is 4.36. The molecule has 1 N–H and O–H groups in total. The Morgan fingerprint density at radius 1 is 1.43 bits per heavy atom. The maximum Gasteiger partial charge on any atom is 0.107 e. The number of aryl methyl sites for hydroxylation is 1. The van der Waals surface area contributed by atoms with Crippen molar-refractivity contribution in [2.45, 2.75) is 26.2 Å². The van der Waals surface area contributed by atoms with E-state index in [2.05, 4.69) is 38.9 Å². The van der Waals surface area contributed by atoms with Crippen molar-refractivity contribution in [3.05, 3.63) is 28.5 Å². The molecule has 74 valence electrons. The van der Waals surface area contributed by atoms with Gasteiger partial charge in [0.25, 0.3) is 0 Å². The molecule has 0 unspecified atom stereocenters. The largest absolute Gasteiger partial charge is 0.342 e. The van der Waals surface area contributed by atoms with Gasteiger partial charge in [-0.05, 0) is 24.6 Å². The summed E-state index contributed by atoms with van der Waals surface area (Å²) in [5.74, 6) is 1.10. The molecule has 0 aliphatic heterocycles. The molecule has 0 saturated carbocycles. The third-order valence-electron chi connectivity index (χ3n) is 2.26. The van der Waals surface area contributed by atoms with Gasteiger partial charge in [0.2, 0.25) is 0 Å². The van der Waals surface area contributed by atoms with Crippen LogP contribution in [-0.2, 0) is 6.42 Å². The van der Waals surface area contributed by atoms with Gasteiger partial charge in [-0.15, -0.1) is 0 Å². The zero-order valence-electron chi connectivity index (χ0n) is 8.18. The highest BCUT2D eigenvalue weighted by atomic mass is 79.9. The van der Waals surface area contributed by atoms with E-state index < -0.39 is 0 Å². The summed E-state index contributed by atoms with van der Waals surface area (Å²) in [5.41, 5.74) is 2.17. The van der Waals surface area contributed by atoms with Crippen molar-refractivity contribution >= 4 is 27.0 Å². The van der Waals surface area contributed by atoms with Crippen molar-refractivity contribution in [1.82, 2.24) is 9.97 Å². The van der Waals surface area contributed by atoms with E-state index in [0.717, 1.165) is 27.8 Å². The summed E-state index contributed by atoms with van der Waals surface area (Å²) < 4.78 is 1.09. The van der Waals surface area contributed by atoms with Gasteiger partial charge in [-0.2, -0.15) is 0 Å². The van der Waals surface area contributed by atoms with Crippen molar-refractivity contribution in [2.24, 2.45) is 0 Å².